The van der Waals surface area contributed by atoms with Crippen molar-refractivity contribution in [1.29, 1.82) is 0 Å². The summed E-state index contributed by atoms with van der Waals surface area (Å²) in [6.07, 6.45) is 4.57. The molecule has 0 aliphatic heterocycles. The molecule has 7 heteroatoms. The van der Waals surface area contributed by atoms with Crippen molar-refractivity contribution >= 4 is 10.0 Å². The van der Waals surface area contributed by atoms with Crippen LogP contribution in [0.15, 0.2) is 5.03 Å². The molecule has 1 heterocycles. The quantitative estimate of drug-likeness (QED) is 0.702. The molecule has 1 unspecified atom stereocenters. The number of sulfonamides is 1. The van der Waals surface area contributed by atoms with Gasteiger partial charge in [0.05, 0.1) is 0 Å². The third-order valence-corrected chi connectivity index (χ3v) is 5.63. The number of nitrogens with zero attached hydrogens (tertiary/aromatic N) is 1. The van der Waals surface area contributed by atoms with Crippen molar-refractivity contribution in [3.63, 3.8) is 0 Å². The molecule has 0 saturated heterocycles. The smallest absolute Gasteiger partial charge is 0.260 e. The lowest BCUT2D eigenvalue weighted by Gasteiger charge is -2.13. The van der Waals surface area contributed by atoms with Crippen LogP contribution in [0.5, 0.6) is 0 Å². The first-order valence-electron chi connectivity index (χ1n) is 7.27. The van der Waals surface area contributed by atoms with Crippen molar-refractivity contribution in [2.75, 3.05) is 0 Å². The SMILES string of the molecule is Cc1[nH]nc(S(=O)(=O)NC(C)C2CC2)c1CNC1CC1. The molecule has 6 nitrogen and oxygen atoms in total. The molecule has 2 aliphatic carbocycles. The zero-order valence-electron chi connectivity index (χ0n) is 11.9. The average Bonchev–Trinajstić information content (AvgIpc) is 3.24. The summed E-state index contributed by atoms with van der Waals surface area (Å²) >= 11 is 0. The van der Waals surface area contributed by atoms with Crippen LogP contribution in [-0.2, 0) is 16.6 Å². The number of nitrogens with one attached hydrogen (secondary N) is 3. The van der Waals surface area contributed by atoms with Crippen LogP contribution in [0.2, 0.25) is 0 Å². The molecule has 0 bridgehead atoms. The van der Waals surface area contributed by atoms with Gasteiger partial charge in [-0.3, -0.25) is 5.10 Å². The highest BCUT2D eigenvalue weighted by Gasteiger charge is 2.33. The van der Waals surface area contributed by atoms with Gasteiger partial charge in [-0.2, -0.15) is 5.10 Å². The Morgan fingerprint density at radius 2 is 2.05 bits per heavy atom. The van der Waals surface area contributed by atoms with Crippen molar-refractivity contribution in [2.45, 2.75) is 63.2 Å². The molecule has 1 atom stereocenters. The number of hydrogen-bond donors (Lipinski definition) is 3. The molecule has 2 saturated carbocycles. The molecule has 0 spiro atoms. The number of H-pyrrole nitrogens is 1. The van der Waals surface area contributed by atoms with Gasteiger partial charge in [-0.05, 0) is 45.4 Å². The molecule has 3 N–H and O–H groups in total. The Balaban J connectivity index is 1.76. The molecule has 1 aromatic rings. The van der Waals surface area contributed by atoms with E-state index in [4.69, 9.17) is 0 Å². The first-order valence-corrected chi connectivity index (χ1v) is 8.75. The lowest BCUT2D eigenvalue weighted by Crippen LogP contribution is -2.35. The Labute approximate surface area is 119 Å². The zero-order valence-corrected chi connectivity index (χ0v) is 12.8. The topological polar surface area (TPSA) is 86.9 Å². The molecule has 0 amide bonds. The monoisotopic (exact) mass is 298 g/mol. The van der Waals surface area contributed by atoms with Gasteiger partial charge >= 0.3 is 0 Å². The van der Waals surface area contributed by atoms with Crippen LogP contribution in [-0.4, -0.2) is 30.7 Å². The maximum atomic E-state index is 12.4. The summed E-state index contributed by atoms with van der Waals surface area (Å²) in [5.41, 5.74) is 1.57. The van der Waals surface area contributed by atoms with Crippen molar-refractivity contribution in [2.24, 2.45) is 5.92 Å². The van der Waals surface area contributed by atoms with Crippen LogP contribution in [0.3, 0.4) is 0 Å². The fraction of sp³-hybridized carbons (Fsp3) is 0.769. The highest BCUT2D eigenvalue weighted by atomic mass is 32.2. The maximum Gasteiger partial charge on any atom is 0.260 e. The highest BCUT2D eigenvalue weighted by Crippen LogP contribution is 2.33. The van der Waals surface area contributed by atoms with Crippen LogP contribution in [0.4, 0.5) is 0 Å². The van der Waals surface area contributed by atoms with Crippen LogP contribution in [0.25, 0.3) is 0 Å². The van der Waals surface area contributed by atoms with Gasteiger partial charge < -0.3 is 5.32 Å². The third kappa shape index (κ3) is 3.05. The van der Waals surface area contributed by atoms with Gasteiger partial charge in [0.2, 0.25) is 0 Å². The molecule has 20 heavy (non-hydrogen) atoms. The van der Waals surface area contributed by atoms with E-state index < -0.39 is 10.0 Å². The fourth-order valence-electron chi connectivity index (χ4n) is 2.39. The zero-order chi connectivity index (χ0) is 14.3. The molecule has 2 aliphatic rings. The Hall–Kier alpha value is -0.920. The highest BCUT2D eigenvalue weighted by molar-refractivity contribution is 7.89. The van der Waals surface area contributed by atoms with Gasteiger partial charge in [0.15, 0.2) is 5.03 Å². The molecule has 1 aromatic heterocycles. The predicted octanol–water partition coefficient (Wildman–Crippen LogP) is 1.05. The first kappa shape index (κ1) is 14.0. The van der Waals surface area contributed by atoms with E-state index in [1.54, 1.807) is 0 Å². The van der Waals surface area contributed by atoms with Crippen LogP contribution < -0.4 is 10.0 Å². The minimum absolute atomic E-state index is 0.0127. The van der Waals surface area contributed by atoms with Crippen LogP contribution in [0, 0.1) is 12.8 Å². The van der Waals surface area contributed by atoms with Gasteiger partial charge in [0, 0.05) is 29.9 Å². The third-order valence-electron chi connectivity index (χ3n) is 4.11. The Morgan fingerprint density at radius 3 is 2.65 bits per heavy atom. The van der Waals surface area contributed by atoms with E-state index in [-0.39, 0.29) is 11.1 Å². The van der Waals surface area contributed by atoms with Crippen LogP contribution in [0.1, 0.15) is 43.9 Å². The van der Waals surface area contributed by atoms with Gasteiger partial charge in [-0.15, -0.1) is 0 Å². The number of rotatable bonds is 7. The lowest BCUT2D eigenvalue weighted by atomic mass is 10.2. The minimum Gasteiger partial charge on any atom is -0.310 e. The molecular formula is C13H22N4O2S. The van der Waals surface area contributed by atoms with E-state index in [9.17, 15) is 8.42 Å². The molecular weight excluding hydrogens is 276 g/mol. The molecule has 112 valence electrons. The van der Waals surface area contributed by atoms with Crippen molar-refractivity contribution in [1.82, 2.24) is 20.2 Å². The molecule has 2 fully saturated rings. The van der Waals surface area contributed by atoms with Gasteiger partial charge in [-0.1, -0.05) is 0 Å². The lowest BCUT2D eigenvalue weighted by molar-refractivity contribution is 0.533. The van der Waals surface area contributed by atoms with Gasteiger partial charge in [-0.25, -0.2) is 13.1 Å². The van der Waals surface area contributed by atoms with E-state index in [0.29, 0.717) is 18.5 Å². The van der Waals surface area contributed by atoms with E-state index >= 15 is 0 Å². The summed E-state index contributed by atoms with van der Waals surface area (Å²) in [5, 5.41) is 10.3. The molecule has 0 radical (unpaired) electrons. The van der Waals surface area contributed by atoms with E-state index in [1.807, 2.05) is 13.8 Å². The van der Waals surface area contributed by atoms with Gasteiger partial charge in [0.1, 0.15) is 0 Å². The van der Waals surface area contributed by atoms with Crippen molar-refractivity contribution in [3.05, 3.63) is 11.3 Å². The Bertz CT molecular complexity index is 588. The number of aromatic amines is 1. The largest absolute Gasteiger partial charge is 0.310 e. The van der Waals surface area contributed by atoms with Gasteiger partial charge in [0.25, 0.3) is 10.0 Å². The van der Waals surface area contributed by atoms with Crippen molar-refractivity contribution < 1.29 is 8.42 Å². The summed E-state index contributed by atoms with van der Waals surface area (Å²) in [4.78, 5) is 0. The number of hydrogen-bond acceptors (Lipinski definition) is 4. The number of aryl methyl sites for hydroxylation is 1. The second kappa shape index (κ2) is 5.13. The van der Waals surface area contributed by atoms with E-state index in [1.165, 1.54) is 12.8 Å². The van der Waals surface area contributed by atoms with Crippen molar-refractivity contribution in [3.8, 4) is 0 Å². The fourth-order valence-corrected chi connectivity index (χ4v) is 3.90. The normalized spacial score (nSPS) is 21.1. The molecule has 0 aromatic carbocycles. The second-order valence-electron chi connectivity index (χ2n) is 6.03. The standard InChI is InChI=1S/C13H22N4O2S/c1-8(10-3-4-10)17-20(18,19)13-12(9(2)15-16-13)7-14-11-5-6-11/h8,10-11,14,17H,3-7H2,1-2H3,(H,15,16). The summed E-state index contributed by atoms with van der Waals surface area (Å²) in [6, 6.07) is 0.527. The Morgan fingerprint density at radius 1 is 1.35 bits per heavy atom. The average molecular weight is 298 g/mol. The minimum atomic E-state index is -3.53. The predicted molar refractivity (Wildman–Crippen MR) is 75.7 cm³/mol. The van der Waals surface area contributed by atoms with E-state index in [2.05, 4.69) is 20.2 Å². The first-order chi connectivity index (χ1) is 9.47. The molecule has 3 rings (SSSR count). The van der Waals surface area contributed by atoms with E-state index in [0.717, 1.165) is 24.1 Å². The summed E-state index contributed by atoms with van der Waals surface area (Å²) in [6.45, 7) is 4.35. The number of aromatic nitrogens is 2. The summed E-state index contributed by atoms with van der Waals surface area (Å²) in [7, 11) is -3.53. The second-order valence-corrected chi connectivity index (χ2v) is 7.66. The summed E-state index contributed by atoms with van der Waals surface area (Å²) in [5.74, 6) is 0.484. The summed E-state index contributed by atoms with van der Waals surface area (Å²) < 4.78 is 27.6. The Kier molecular flexibility index (Phi) is 3.60. The van der Waals surface area contributed by atoms with Crippen LogP contribution >= 0.6 is 0 Å². The maximum absolute atomic E-state index is 12.4.